The van der Waals surface area contributed by atoms with Crippen LogP contribution in [0.15, 0.2) is 29.2 Å². The minimum absolute atomic E-state index is 0.105. The first-order chi connectivity index (χ1) is 7.65. The van der Waals surface area contributed by atoms with Crippen molar-refractivity contribution in [3.63, 3.8) is 0 Å². The van der Waals surface area contributed by atoms with E-state index in [1.54, 1.807) is 18.2 Å². The molecule has 0 heterocycles. The van der Waals surface area contributed by atoms with Crippen molar-refractivity contribution in [1.82, 2.24) is 0 Å². The fraction of sp³-hybridized carbons (Fsp3) is 0.100. The van der Waals surface area contributed by atoms with Crippen molar-refractivity contribution in [3.8, 4) is 0 Å². The number of rotatable bonds is 1. The number of benzene rings is 1. The van der Waals surface area contributed by atoms with Crippen molar-refractivity contribution >= 4 is 22.9 Å². The van der Waals surface area contributed by atoms with Crippen molar-refractivity contribution in [2.24, 2.45) is 0 Å². The first-order valence-electron chi connectivity index (χ1n) is 4.47. The van der Waals surface area contributed by atoms with Crippen LogP contribution in [0.3, 0.4) is 0 Å². The number of hydrogen-bond donors (Lipinski definition) is 2. The smallest absolute Gasteiger partial charge is 0.324 e. The van der Waals surface area contributed by atoms with Crippen molar-refractivity contribution in [3.05, 3.63) is 40.9 Å². The predicted octanol–water partition coefficient (Wildman–Crippen LogP) is 0.998. The van der Waals surface area contributed by atoms with E-state index < -0.39 is 17.2 Å². The third kappa shape index (κ3) is 1.64. The Bertz CT molecular complexity index is 547. The second-order valence-corrected chi connectivity index (χ2v) is 4.21. The molecule has 0 aliphatic heterocycles. The van der Waals surface area contributed by atoms with Crippen LogP contribution in [0.4, 0.5) is 0 Å². The van der Waals surface area contributed by atoms with Crippen molar-refractivity contribution in [2.75, 3.05) is 0 Å². The Kier molecular flexibility index (Phi) is 2.80. The molecule has 2 atom stereocenters. The van der Waals surface area contributed by atoms with Gasteiger partial charge in [-0.3, -0.25) is 0 Å². The first kappa shape index (κ1) is 10.9. The Hall–Kier alpha value is -1.59. The van der Waals surface area contributed by atoms with Gasteiger partial charge in [-0.05, 0) is 17.7 Å². The summed E-state index contributed by atoms with van der Waals surface area (Å²) in [5, 5.41) is 9.80. The van der Waals surface area contributed by atoms with E-state index in [1.807, 2.05) is 0 Å². The molecule has 2 unspecified atom stereocenters. The molecule has 1 aliphatic carbocycles. The van der Waals surface area contributed by atoms with Crippen LogP contribution >= 0.6 is 0 Å². The van der Waals surface area contributed by atoms with Crippen LogP contribution in [0, 0.1) is 0 Å². The number of aliphatic hydroxyl groups is 1. The minimum Gasteiger partial charge on any atom is -0.376 e. The summed E-state index contributed by atoms with van der Waals surface area (Å²) < 4.78 is 20.1. The standard InChI is InChI=1S/C10H8N2O3S/c11-12-8-5-4-6-7(10(8)13)2-1-3-9(6)16(14)15/h1-5,10,13H,(H,14,15). The van der Waals surface area contributed by atoms with Gasteiger partial charge in [0.05, 0.1) is 4.90 Å². The average Bonchev–Trinajstić information content (AvgIpc) is 2.29. The van der Waals surface area contributed by atoms with Crippen LogP contribution in [0.25, 0.3) is 11.6 Å². The maximum Gasteiger partial charge on any atom is 0.324 e. The molecule has 0 aromatic heterocycles. The highest BCUT2D eigenvalue weighted by molar-refractivity contribution is 7.79. The van der Waals surface area contributed by atoms with Crippen molar-refractivity contribution < 1.29 is 18.7 Å². The molecule has 16 heavy (non-hydrogen) atoms. The fourth-order valence-corrected chi connectivity index (χ4v) is 2.21. The monoisotopic (exact) mass is 236 g/mol. The van der Waals surface area contributed by atoms with Gasteiger partial charge >= 0.3 is 5.71 Å². The Labute approximate surface area is 93.9 Å². The molecule has 1 aromatic rings. The molecule has 0 bridgehead atoms. The zero-order valence-electron chi connectivity index (χ0n) is 8.07. The van der Waals surface area contributed by atoms with E-state index in [9.17, 15) is 9.32 Å². The highest BCUT2D eigenvalue weighted by Gasteiger charge is 2.28. The van der Waals surface area contributed by atoms with Gasteiger partial charge in [0.25, 0.3) is 0 Å². The molecule has 1 aliphatic rings. The van der Waals surface area contributed by atoms with E-state index in [2.05, 4.69) is 4.79 Å². The van der Waals surface area contributed by atoms with Crippen molar-refractivity contribution in [2.45, 2.75) is 11.0 Å². The van der Waals surface area contributed by atoms with Gasteiger partial charge in [-0.2, -0.15) is 4.79 Å². The van der Waals surface area contributed by atoms with E-state index in [4.69, 9.17) is 10.1 Å². The van der Waals surface area contributed by atoms with Gasteiger partial charge in [-0.15, -0.1) is 0 Å². The van der Waals surface area contributed by atoms with Gasteiger partial charge in [0.1, 0.15) is 0 Å². The third-order valence-electron chi connectivity index (χ3n) is 2.40. The molecule has 2 rings (SSSR count). The summed E-state index contributed by atoms with van der Waals surface area (Å²) in [6.07, 6.45) is 1.87. The van der Waals surface area contributed by atoms with Gasteiger partial charge in [-0.1, -0.05) is 12.1 Å². The summed E-state index contributed by atoms with van der Waals surface area (Å²) in [7, 11) is 0. The lowest BCUT2D eigenvalue weighted by molar-refractivity contribution is -0.0188. The quantitative estimate of drug-likeness (QED) is 0.432. The first-order valence-corrected chi connectivity index (χ1v) is 5.57. The molecule has 0 fully saturated rings. The van der Waals surface area contributed by atoms with Crippen LogP contribution in [0.1, 0.15) is 17.2 Å². The largest absolute Gasteiger partial charge is 0.376 e. The van der Waals surface area contributed by atoms with E-state index in [0.29, 0.717) is 11.1 Å². The molecule has 6 heteroatoms. The molecule has 0 saturated carbocycles. The molecular weight excluding hydrogens is 228 g/mol. The maximum absolute atomic E-state index is 11.0. The molecule has 82 valence electrons. The van der Waals surface area contributed by atoms with Gasteiger partial charge < -0.3 is 15.2 Å². The van der Waals surface area contributed by atoms with Crippen LogP contribution < -0.4 is 0 Å². The van der Waals surface area contributed by atoms with E-state index in [1.165, 1.54) is 12.1 Å². The minimum atomic E-state index is -2.11. The van der Waals surface area contributed by atoms with Crippen LogP contribution in [-0.4, -0.2) is 24.4 Å². The van der Waals surface area contributed by atoms with Gasteiger partial charge in [0.15, 0.2) is 17.2 Å². The summed E-state index contributed by atoms with van der Waals surface area (Å²) in [5.41, 5.74) is 9.68. The van der Waals surface area contributed by atoms with Gasteiger partial charge in [0, 0.05) is 11.6 Å². The Morgan fingerprint density at radius 1 is 1.38 bits per heavy atom. The summed E-state index contributed by atoms with van der Waals surface area (Å²) in [6, 6.07) is 4.69. The number of nitrogens with zero attached hydrogens (tertiary/aromatic N) is 2. The zero-order valence-corrected chi connectivity index (χ0v) is 8.89. The zero-order chi connectivity index (χ0) is 11.7. The van der Waals surface area contributed by atoms with Gasteiger partial charge in [-0.25, -0.2) is 4.21 Å². The lowest BCUT2D eigenvalue weighted by Gasteiger charge is -2.15. The molecule has 0 spiro atoms. The maximum atomic E-state index is 11.0. The number of aliphatic hydroxyl groups excluding tert-OH is 1. The fourth-order valence-electron chi connectivity index (χ4n) is 1.64. The predicted molar refractivity (Wildman–Crippen MR) is 58.1 cm³/mol. The Morgan fingerprint density at radius 2 is 2.12 bits per heavy atom. The Morgan fingerprint density at radius 3 is 2.75 bits per heavy atom. The summed E-state index contributed by atoms with van der Waals surface area (Å²) in [4.78, 5) is 3.17. The lowest BCUT2D eigenvalue weighted by Crippen LogP contribution is -2.16. The Balaban J connectivity index is 2.68. The third-order valence-corrected chi connectivity index (χ3v) is 3.13. The molecule has 0 amide bonds. The molecule has 5 nitrogen and oxygen atoms in total. The van der Waals surface area contributed by atoms with E-state index in [-0.39, 0.29) is 10.6 Å². The molecule has 0 saturated heterocycles. The number of fused-ring (bicyclic) bond motifs is 1. The van der Waals surface area contributed by atoms with E-state index in [0.717, 1.165) is 0 Å². The van der Waals surface area contributed by atoms with Crippen LogP contribution in [0.2, 0.25) is 0 Å². The van der Waals surface area contributed by atoms with Gasteiger partial charge in [0.2, 0.25) is 0 Å². The van der Waals surface area contributed by atoms with E-state index >= 15 is 0 Å². The summed E-state index contributed by atoms with van der Waals surface area (Å²) in [5.74, 6) is 0. The lowest BCUT2D eigenvalue weighted by atomic mass is 9.93. The molecule has 1 aromatic carbocycles. The molecule has 0 radical (unpaired) electrons. The van der Waals surface area contributed by atoms with Crippen LogP contribution in [-0.2, 0) is 11.1 Å². The highest BCUT2D eigenvalue weighted by atomic mass is 32.2. The van der Waals surface area contributed by atoms with Crippen molar-refractivity contribution in [1.29, 1.82) is 0 Å². The molecule has 2 N–H and O–H groups in total. The topological polar surface area (TPSA) is 93.9 Å². The number of hydrogen-bond acceptors (Lipinski definition) is 2. The average molecular weight is 236 g/mol. The normalized spacial score (nSPS) is 20.1. The molecular formula is C10H8N2O3S. The summed E-state index contributed by atoms with van der Waals surface area (Å²) in [6.45, 7) is 0. The highest BCUT2D eigenvalue weighted by Crippen LogP contribution is 2.29. The van der Waals surface area contributed by atoms with Crippen LogP contribution in [0.5, 0.6) is 0 Å². The second kappa shape index (κ2) is 4.11. The SMILES string of the molecule is [N-]=[N+]=C1C=Cc2c(cccc2S(=O)O)C1O. The second-order valence-electron chi connectivity index (χ2n) is 3.27. The summed E-state index contributed by atoms with van der Waals surface area (Å²) >= 11 is -2.11.